The number of hydrogen-bond acceptors (Lipinski definition) is 5. The molecule has 0 amide bonds. The van der Waals surface area contributed by atoms with Gasteiger partial charge in [-0.15, -0.1) is 10.2 Å². The summed E-state index contributed by atoms with van der Waals surface area (Å²) in [4.78, 5) is 13.0. The topological polar surface area (TPSA) is 71.2 Å². The predicted octanol–water partition coefficient (Wildman–Crippen LogP) is 2.10. The van der Waals surface area contributed by atoms with Crippen molar-refractivity contribution in [2.45, 2.75) is 44.8 Å². The zero-order chi connectivity index (χ0) is 14.5. The lowest BCUT2D eigenvalue weighted by Crippen LogP contribution is -2.37. The molecule has 1 unspecified atom stereocenters. The predicted molar refractivity (Wildman–Crippen MR) is 79.3 cm³/mol. The van der Waals surface area contributed by atoms with Gasteiger partial charge in [0.15, 0.2) is 5.16 Å². The number of anilines is 1. The maximum atomic E-state index is 10.7. The minimum atomic E-state index is -0.828. The van der Waals surface area contributed by atoms with Crippen molar-refractivity contribution in [1.82, 2.24) is 14.8 Å². The van der Waals surface area contributed by atoms with Crippen molar-refractivity contribution in [1.29, 1.82) is 0 Å². The highest BCUT2D eigenvalue weighted by molar-refractivity contribution is 7.99. The van der Waals surface area contributed by atoms with Gasteiger partial charge in [-0.25, -0.2) is 0 Å². The summed E-state index contributed by atoms with van der Waals surface area (Å²) in [5.74, 6) is 0.807. The maximum Gasteiger partial charge on any atom is 0.313 e. The van der Waals surface area contributed by atoms with Gasteiger partial charge in [-0.1, -0.05) is 25.1 Å². The lowest BCUT2D eigenvalue weighted by Gasteiger charge is -2.32. The van der Waals surface area contributed by atoms with E-state index < -0.39 is 5.97 Å². The molecule has 1 aromatic heterocycles. The Hall–Kier alpha value is -1.24. The summed E-state index contributed by atoms with van der Waals surface area (Å²) in [6.45, 7) is 7.07. The summed E-state index contributed by atoms with van der Waals surface area (Å²) in [6, 6.07) is 0. The van der Waals surface area contributed by atoms with Crippen LogP contribution in [0.15, 0.2) is 5.16 Å². The number of nitrogens with zero attached hydrogens (tertiary/aromatic N) is 4. The Kier molecular flexibility index (Phi) is 5.28. The van der Waals surface area contributed by atoms with Crippen LogP contribution in [0.5, 0.6) is 0 Å². The third-order valence-electron chi connectivity index (χ3n) is 3.72. The zero-order valence-corrected chi connectivity index (χ0v) is 12.9. The first-order valence-electron chi connectivity index (χ1n) is 7.18. The van der Waals surface area contributed by atoms with Crippen LogP contribution in [-0.4, -0.2) is 44.7 Å². The Morgan fingerprint density at radius 2 is 2.25 bits per heavy atom. The molecule has 1 atom stereocenters. The van der Waals surface area contributed by atoms with Gasteiger partial charge >= 0.3 is 5.97 Å². The van der Waals surface area contributed by atoms with Crippen LogP contribution in [0.1, 0.15) is 33.1 Å². The number of rotatable bonds is 6. The van der Waals surface area contributed by atoms with Gasteiger partial charge in [0.05, 0.1) is 5.75 Å². The molecule has 2 rings (SSSR count). The number of hydrogen-bond donors (Lipinski definition) is 1. The molecule has 1 saturated heterocycles. The lowest BCUT2D eigenvalue weighted by atomic mass is 9.96. The van der Waals surface area contributed by atoms with Gasteiger partial charge in [0.2, 0.25) is 5.95 Å². The average molecular weight is 298 g/mol. The molecule has 1 fully saturated rings. The SMILES string of the molecule is CCC1CCCN(c2nnc(SCC(=O)O)n2CC)C1. The van der Waals surface area contributed by atoms with E-state index in [0.717, 1.165) is 31.5 Å². The minimum absolute atomic E-state index is 0.0235. The van der Waals surface area contributed by atoms with Crippen molar-refractivity contribution < 1.29 is 9.90 Å². The highest BCUT2D eigenvalue weighted by Crippen LogP contribution is 2.26. The molecule has 0 aromatic carbocycles. The van der Waals surface area contributed by atoms with E-state index in [2.05, 4.69) is 22.0 Å². The van der Waals surface area contributed by atoms with Gasteiger partial charge in [-0.3, -0.25) is 9.36 Å². The maximum absolute atomic E-state index is 10.7. The van der Waals surface area contributed by atoms with Crippen LogP contribution in [0.25, 0.3) is 0 Å². The smallest absolute Gasteiger partial charge is 0.313 e. The van der Waals surface area contributed by atoms with Crippen molar-refractivity contribution >= 4 is 23.7 Å². The van der Waals surface area contributed by atoms with E-state index in [1.165, 1.54) is 31.0 Å². The number of piperidine rings is 1. The summed E-state index contributed by atoms with van der Waals surface area (Å²) in [5, 5.41) is 17.9. The summed E-state index contributed by atoms with van der Waals surface area (Å²) >= 11 is 1.23. The van der Waals surface area contributed by atoms with E-state index in [0.29, 0.717) is 5.16 Å². The molecule has 0 bridgehead atoms. The van der Waals surface area contributed by atoms with Gasteiger partial charge in [0, 0.05) is 19.6 Å². The number of carbonyl (C=O) groups is 1. The first-order chi connectivity index (χ1) is 9.65. The van der Waals surface area contributed by atoms with Crippen molar-refractivity contribution in [3.8, 4) is 0 Å². The van der Waals surface area contributed by atoms with E-state index in [4.69, 9.17) is 5.11 Å². The number of carboxylic acids is 1. The van der Waals surface area contributed by atoms with Crippen LogP contribution < -0.4 is 4.90 Å². The quantitative estimate of drug-likeness (QED) is 0.811. The van der Waals surface area contributed by atoms with Gasteiger partial charge in [0.25, 0.3) is 0 Å². The Labute approximate surface area is 123 Å². The number of aromatic nitrogens is 3. The number of carboxylic acid groups (broad SMARTS) is 1. The molecule has 2 heterocycles. The van der Waals surface area contributed by atoms with E-state index in [1.54, 1.807) is 0 Å². The molecule has 0 aliphatic carbocycles. The molecule has 112 valence electrons. The van der Waals surface area contributed by atoms with E-state index in [-0.39, 0.29) is 5.75 Å². The Bertz CT molecular complexity index is 463. The first kappa shape index (κ1) is 15.2. The molecule has 1 aliphatic rings. The molecular weight excluding hydrogens is 276 g/mol. The van der Waals surface area contributed by atoms with E-state index >= 15 is 0 Å². The molecule has 0 radical (unpaired) electrons. The Balaban J connectivity index is 2.12. The zero-order valence-electron chi connectivity index (χ0n) is 12.1. The molecule has 7 heteroatoms. The largest absolute Gasteiger partial charge is 0.481 e. The van der Waals surface area contributed by atoms with Gasteiger partial charge < -0.3 is 10.0 Å². The highest BCUT2D eigenvalue weighted by atomic mass is 32.2. The van der Waals surface area contributed by atoms with Gasteiger partial charge in [-0.05, 0) is 25.7 Å². The molecule has 20 heavy (non-hydrogen) atoms. The number of thioether (sulfide) groups is 1. The van der Waals surface area contributed by atoms with Gasteiger partial charge in [-0.2, -0.15) is 0 Å². The van der Waals surface area contributed by atoms with Crippen LogP contribution in [0.3, 0.4) is 0 Å². The van der Waals surface area contributed by atoms with Crippen molar-refractivity contribution in [2.75, 3.05) is 23.7 Å². The summed E-state index contributed by atoms with van der Waals surface area (Å²) in [6.07, 6.45) is 3.66. The second kappa shape index (κ2) is 6.97. The Morgan fingerprint density at radius 3 is 2.90 bits per heavy atom. The number of aliphatic carboxylic acids is 1. The fourth-order valence-electron chi connectivity index (χ4n) is 2.60. The lowest BCUT2D eigenvalue weighted by molar-refractivity contribution is -0.133. The van der Waals surface area contributed by atoms with Crippen LogP contribution in [0, 0.1) is 5.92 Å². The third-order valence-corrected chi connectivity index (χ3v) is 4.67. The molecule has 6 nitrogen and oxygen atoms in total. The van der Waals surface area contributed by atoms with Crippen LogP contribution in [0.2, 0.25) is 0 Å². The van der Waals surface area contributed by atoms with Crippen molar-refractivity contribution in [2.24, 2.45) is 5.92 Å². The minimum Gasteiger partial charge on any atom is -0.481 e. The summed E-state index contributed by atoms with van der Waals surface area (Å²) in [5.41, 5.74) is 0. The monoisotopic (exact) mass is 298 g/mol. The summed E-state index contributed by atoms with van der Waals surface area (Å²) in [7, 11) is 0. The average Bonchev–Trinajstić information content (AvgIpc) is 2.88. The molecule has 1 aliphatic heterocycles. The molecular formula is C13H22N4O2S. The molecule has 0 saturated carbocycles. The second-order valence-corrected chi connectivity index (χ2v) is 6.01. The first-order valence-corrected chi connectivity index (χ1v) is 8.17. The highest BCUT2D eigenvalue weighted by Gasteiger charge is 2.24. The molecule has 0 spiro atoms. The molecule has 1 aromatic rings. The summed E-state index contributed by atoms with van der Waals surface area (Å²) < 4.78 is 2.02. The van der Waals surface area contributed by atoms with Crippen molar-refractivity contribution in [3.05, 3.63) is 0 Å². The van der Waals surface area contributed by atoms with Crippen LogP contribution >= 0.6 is 11.8 Å². The van der Waals surface area contributed by atoms with E-state index in [1.807, 2.05) is 11.5 Å². The molecule has 1 N–H and O–H groups in total. The second-order valence-electron chi connectivity index (χ2n) is 5.07. The third kappa shape index (κ3) is 3.45. The standard InChI is InChI=1S/C13H22N4O2S/c1-3-10-6-5-7-16(8-10)12-14-15-13(17(12)4-2)20-9-11(18)19/h10H,3-9H2,1-2H3,(H,18,19). The van der Waals surface area contributed by atoms with Crippen LogP contribution in [0.4, 0.5) is 5.95 Å². The van der Waals surface area contributed by atoms with E-state index in [9.17, 15) is 4.79 Å². The van der Waals surface area contributed by atoms with Crippen molar-refractivity contribution in [3.63, 3.8) is 0 Å². The van der Waals surface area contributed by atoms with Crippen LogP contribution in [-0.2, 0) is 11.3 Å². The normalized spacial score (nSPS) is 19.3. The van der Waals surface area contributed by atoms with Gasteiger partial charge in [0.1, 0.15) is 0 Å². The fourth-order valence-corrected chi connectivity index (χ4v) is 3.32. The fraction of sp³-hybridized carbons (Fsp3) is 0.769. The Morgan fingerprint density at radius 1 is 1.45 bits per heavy atom.